The van der Waals surface area contributed by atoms with Crippen molar-refractivity contribution in [2.45, 2.75) is 20.3 Å². The zero-order chi connectivity index (χ0) is 16.2. The Morgan fingerprint density at radius 2 is 2.17 bits per heavy atom. The summed E-state index contributed by atoms with van der Waals surface area (Å²) < 4.78 is 6.58. The van der Waals surface area contributed by atoms with Crippen molar-refractivity contribution in [1.29, 1.82) is 0 Å². The van der Waals surface area contributed by atoms with Crippen LogP contribution in [0.5, 0.6) is 0 Å². The Balaban J connectivity index is 1.67. The molecule has 0 spiro atoms. The number of anilines is 1. The van der Waals surface area contributed by atoms with Crippen LogP contribution in [0, 0.1) is 5.92 Å². The highest BCUT2D eigenvalue weighted by Gasteiger charge is 2.21. The van der Waals surface area contributed by atoms with Gasteiger partial charge in [0.25, 0.3) is 0 Å². The van der Waals surface area contributed by atoms with Crippen LogP contribution in [-0.4, -0.2) is 48.8 Å². The summed E-state index contributed by atoms with van der Waals surface area (Å²) in [6.07, 6.45) is 2.63. The molecular weight excluding hydrogens is 310 g/mol. The molecule has 2 aromatic rings. The highest BCUT2D eigenvalue weighted by Crippen LogP contribution is 2.30. The molecule has 1 amide bonds. The molecule has 5 nitrogen and oxygen atoms in total. The highest BCUT2D eigenvalue weighted by atomic mass is 32.1. The maximum Gasteiger partial charge on any atom is 0.409 e. The lowest BCUT2D eigenvalue weighted by atomic mass is 10.2. The molecule has 1 fully saturated rings. The lowest BCUT2D eigenvalue weighted by molar-refractivity contribution is 0.0943. The first kappa shape index (κ1) is 16.1. The van der Waals surface area contributed by atoms with E-state index in [1.54, 1.807) is 11.3 Å². The van der Waals surface area contributed by atoms with Crippen LogP contribution < -0.4 is 4.90 Å². The molecule has 0 unspecified atom stereocenters. The molecule has 1 aliphatic rings. The molecule has 0 radical (unpaired) electrons. The number of hydrogen-bond donors (Lipinski definition) is 0. The minimum Gasteiger partial charge on any atom is -0.449 e. The summed E-state index contributed by atoms with van der Waals surface area (Å²) in [6, 6.07) is 4.13. The first-order chi connectivity index (χ1) is 11.1. The highest BCUT2D eigenvalue weighted by molar-refractivity contribution is 7.17. The quantitative estimate of drug-likeness (QED) is 0.861. The normalized spacial score (nSPS) is 16.0. The van der Waals surface area contributed by atoms with Gasteiger partial charge in [-0.05, 0) is 29.9 Å². The van der Waals surface area contributed by atoms with Gasteiger partial charge in [-0.15, -0.1) is 11.3 Å². The fraction of sp³-hybridized carbons (Fsp3) is 0.529. The fourth-order valence-corrected chi connectivity index (χ4v) is 3.67. The Morgan fingerprint density at radius 3 is 3.00 bits per heavy atom. The van der Waals surface area contributed by atoms with Gasteiger partial charge in [-0.3, -0.25) is 4.98 Å². The summed E-state index contributed by atoms with van der Waals surface area (Å²) in [6.45, 7) is 7.82. The summed E-state index contributed by atoms with van der Waals surface area (Å²) >= 11 is 1.72. The van der Waals surface area contributed by atoms with E-state index in [1.807, 2.05) is 24.9 Å². The molecule has 3 rings (SSSR count). The topological polar surface area (TPSA) is 45.7 Å². The number of thiophene rings is 1. The second kappa shape index (κ2) is 7.17. The molecule has 23 heavy (non-hydrogen) atoms. The van der Waals surface area contributed by atoms with E-state index in [2.05, 4.69) is 27.4 Å². The number of ether oxygens (including phenoxy) is 1. The fourth-order valence-electron chi connectivity index (χ4n) is 2.78. The van der Waals surface area contributed by atoms with Gasteiger partial charge < -0.3 is 14.5 Å². The van der Waals surface area contributed by atoms with Gasteiger partial charge in [0.15, 0.2) is 0 Å². The van der Waals surface area contributed by atoms with Crippen LogP contribution in [0.3, 0.4) is 0 Å². The number of hydrogen-bond acceptors (Lipinski definition) is 5. The third kappa shape index (κ3) is 3.75. The lowest BCUT2D eigenvalue weighted by Crippen LogP contribution is -2.36. The second-order valence-corrected chi connectivity index (χ2v) is 7.18. The molecule has 0 aliphatic carbocycles. The van der Waals surface area contributed by atoms with Crippen molar-refractivity contribution in [3.63, 3.8) is 0 Å². The number of amides is 1. The molecule has 0 N–H and O–H groups in total. The van der Waals surface area contributed by atoms with Crippen LogP contribution in [0.25, 0.3) is 10.2 Å². The van der Waals surface area contributed by atoms with Gasteiger partial charge in [-0.2, -0.15) is 0 Å². The number of carbonyl (C=O) groups excluding carboxylic acids is 1. The first-order valence-corrected chi connectivity index (χ1v) is 9.02. The van der Waals surface area contributed by atoms with E-state index in [9.17, 15) is 4.79 Å². The zero-order valence-corrected chi connectivity index (χ0v) is 14.5. The smallest absolute Gasteiger partial charge is 0.409 e. The molecular formula is C17H23N3O2S. The number of pyridine rings is 1. The largest absolute Gasteiger partial charge is 0.449 e. The molecule has 0 bridgehead atoms. The molecule has 0 saturated carbocycles. The number of rotatable bonds is 3. The summed E-state index contributed by atoms with van der Waals surface area (Å²) in [4.78, 5) is 20.7. The third-order valence-electron chi connectivity index (χ3n) is 3.96. The van der Waals surface area contributed by atoms with E-state index in [0.29, 0.717) is 19.1 Å². The zero-order valence-electron chi connectivity index (χ0n) is 13.7. The standard InChI is InChI=1S/C17H23N3O2S/c1-13(2)12-22-17(21)20-8-3-7-19(9-10-20)15-4-6-18-14-5-11-23-16(14)15/h4-6,11,13H,3,7-10,12H2,1-2H3. The number of nitrogens with zero attached hydrogens (tertiary/aromatic N) is 3. The van der Waals surface area contributed by atoms with Crippen molar-refractivity contribution in [3.05, 3.63) is 23.7 Å². The average Bonchev–Trinajstić information content (AvgIpc) is 2.89. The van der Waals surface area contributed by atoms with E-state index in [4.69, 9.17) is 4.74 Å². The molecule has 3 heterocycles. The molecule has 124 valence electrons. The minimum absolute atomic E-state index is 0.184. The Labute approximate surface area is 140 Å². The van der Waals surface area contributed by atoms with Crippen molar-refractivity contribution in [3.8, 4) is 0 Å². The van der Waals surface area contributed by atoms with E-state index < -0.39 is 0 Å². The van der Waals surface area contributed by atoms with Crippen molar-refractivity contribution in [2.75, 3.05) is 37.7 Å². The predicted octanol–water partition coefficient (Wildman–Crippen LogP) is 3.60. The Kier molecular flexibility index (Phi) is 5.00. The van der Waals surface area contributed by atoms with Gasteiger partial charge in [-0.1, -0.05) is 13.8 Å². The van der Waals surface area contributed by atoms with Gasteiger partial charge >= 0.3 is 6.09 Å². The predicted molar refractivity (Wildman–Crippen MR) is 94.2 cm³/mol. The van der Waals surface area contributed by atoms with Gasteiger partial charge in [0.2, 0.25) is 0 Å². The maximum atomic E-state index is 12.1. The van der Waals surface area contributed by atoms with Crippen molar-refractivity contribution < 1.29 is 9.53 Å². The van der Waals surface area contributed by atoms with Gasteiger partial charge in [0, 0.05) is 32.4 Å². The van der Waals surface area contributed by atoms with E-state index in [0.717, 1.165) is 31.6 Å². The third-order valence-corrected chi connectivity index (χ3v) is 4.88. The monoisotopic (exact) mass is 333 g/mol. The van der Waals surface area contributed by atoms with Crippen LogP contribution in [0.2, 0.25) is 0 Å². The summed E-state index contributed by atoms with van der Waals surface area (Å²) in [5.74, 6) is 0.367. The number of carbonyl (C=O) groups is 1. The van der Waals surface area contributed by atoms with Gasteiger partial charge in [0.1, 0.15) is 0 Å². The Bertz CT molecular complexity index is 671. The summed E-state index contributed by atoms with van der Waals surface area (Å²) in [7, 11) is 0. The Morgan fingerprint density at radius 1 is 1.30 bits per heavy atom. The van der Waals surface area contributed by atoms with Crippen LogP contribution in [0.15, 0.2) is 23.7 Å². The first-order valence-electron chi connectivity index (χ1n) is 8.14. The lowest BCUT2D eigenvalue weighted by Gasteiger charge is -2.24. The molecule has 6 heteroatoms. The van der Waals surface area contributed by atoms with Crippen molar-refractivity contribution >= 4 is 33.3 Å². The minimum atomic E-state index is -0.184. The molecule has 0 atom stereocenters. The van der Waals surface area contributed by atoms with Crippen LogP contribution in [-0.2, 0) is 4.74 Å². The molecule has 2 aromatic heterocycles. The summed E-state index contributed by atoms with van der Waals surface area (Å²) in [5, 5.41) is 2.08. The van der Waals surface area contributed by atoms with Crippen LogP contribution in [0.4, 0.5) is 10.5 Å². The van der Waals surface area contributed by atoms with Crippen LogP contribution >= 0.6 is 11.3 Å². The van der Waals surface area contributed by atoms with E-state index in [-0.39, 0.29) is 6.09 Å². The molecule has 1 aliphatic heterocycles. The van der Waals surface area contributed by atoms with Crippen molar-refractivity contribution in [2.24, 2.45) is 5.92 Å². The maximum absolute atomic E-state index is 12.1. The van der Waals surface area contributed by atoms with Crippen molar-refractivity contribution in [1.82, 2.24) is 9.88 Å². The summed E-state index contributed by atoms with van der Waals surface area (Å²) in [5.41, 5.74) is 2.27. The van der Waals surface area contributed by atoms with Crippen LogP contribution in [0.1, 0.15) is 20.3 Å². The molecule has 1 saturated heterocycles. The average molecular weight is 333 g/mol. The second-order valence-electron chi connectivity index (χ2n) is 6.26. The van der Waals surface area contributed by atoms with E-state index in [1.165, 1.54) is 10.4 Å². The van der Waals surface area contributed by atoms with E-state index >= 15 is 0 Å². The number of aromatic nitrogens is 1. The van der Waals surface area contributed by atoms with Gasteiger partial charge in [-0.25, -0.2) is 4.79 Å². The Hall–Kier alpha value is -1.82. The SMILES string of the molecule is CC(C)COC(=O)N1CCCN(c2ccnc3ccsc23)CC1. The van der Waals surface area contributed by atoms with Gasteiger partial charge in [0.05, 0.1) is 22.5 Å². The molecule has 0 aromatic carbocycles. The number of fused-ring (bicyclic) bond motifs is 1.